The van der Waals surface area contributed by atoms with E-state index in [4.69, 9.17) is 16.1 Å². The van der Waals surface area contributed by atoms with Crippen molar-refractivity contribution in [2.45, 2.75) is 19.5 Å². The predicted molar refractivity (Wildman–Crippen MR) is 108 cm³/mol. The molecule has 2 aliphatic heterocycles. The molecule has 0 spiro atoms. The van der Waals surface area contributed by atoms with E-state index in [-0.39, 0.29) is 11.8 Å². The number of nitrogens with zero attached hydrogens (tertiary/aromatic N) is 3. The maximum Gasteiger partial charge on any atom is 0.261 e. The Morgan fingerprint density at radius 2 is 1.83 bits per heavy atom. The van der Waals surface area contributed by atoms with E-state index in [0.717, 1.165) is 5.56 Å². The van der Waals surface area contributed by atoms with Gasteiger partial charge < -0.3 is 14.3 Å². The summed E-state index contributed by atoms with van der Waals surface area (Å²) in [7, 11) is 0. The topological polar surface area (TPSA) is 66.7 Å². The smallest absolute Gasteiger partial charge is 0.261 e. The van der Waals surface area contributed by atoms with Gasteiger partial charge in [-0.25, -0.2) is 0 Å². The van der Waals surface area contributed by atoms with E-state index in [1.165, 1.54) is 0 Å². The van der Waals surface area contributed by atoms with Crippen molar-refractivity contribution in [3.8, 4) is 11.3 Å². The molecular weight excluding hydrogens is 390 g/mol. The van der Waals surface area contributed by atoms with Gasteiger partial charge in [0.05, 0.1) is 5.02 Å². The van der Waals surface area contributed by atoms with E-state index in [0.29, 0.717) is 52.7 Å². The minimum atomic E-state index is -0.409. The molecule has 2 amide bonds. The summed E-state index contributed by atoms with van der Waals surface area (Å²) in [6, 6.07) is 14.7. The zero-order valence-electron chi connectivity index (χ0n) is 15.8. The van der Waals surface area contributed by atoms with Crippen LogP contribution in [0.1, 0.15) is 44.6 Å². The van der Waals surface area contributed by atoms with E-state index in [9.17, 15) is 9.59 Å². The average Bonchev–Trinajstić information content (AvgIpc) is 3.26. The molecule has 0 unspecified atom stereocenters. The molecule has 0 aliphatic carbocycles. The van der Waals surface area contributed by atoms with Crippen LogP contribution in [-0.2, 0) is 0 Å². The van der Waals surface area contributed by atoms with Crippen molar-refractivity contribution in [3.63, 3.8) is 0 Å². The number of benzene rings is 2. The van der Waals surface area contributed by atoms with Crippen LogP contribution in [0.3, 0.4) is 0 Å². The van der Waals surface area contributed by atoms with Crippen molar-refractivity contribution in [3.05, 3.63) is 76.0 Å². The maximum absolute atomic E-state index is 13.7. The highest BCUT2D eigenvalue weighted by atomic mass is 35.5. The van der Waals surface area contributed by atoms with Gasteiger partial charge in [-0.3, -0.25) is 9.59 Å². The fraction of sp³-hybridized carbons (Fsp3) is 0.227. The minimum Gasteiger partial charge on any atom is -0.360 e. The van der Waals surface area contributed by atoms with Crippen molar-refractivity contribution < 1.29 is 14.1 Å². The van der Waals surface area contributed by atoms with Gasteiger partial charge in [0.15, 0.2) is 0 Å². The Morgan fingerprint density at radius 3 is 2.62 bits per heavy atom. The van der Waals surface area contributed by atoms with Crippen LogP contribution in [0.15, 0.2) is 53.1 Å². The largest absolute Gasteiger partial charge is 0.360 e. The van der Waals surface area contributed by atoms with Crippen LogP contribution in [0.2, 0.25) is 5.02 Å². The van der Waals surface area contributed by atoms with E-state index in [2.05, 4.69) is 5.16 Å². The molecule has 3 aromatic rings. The molecule has 1 aromatic heterocycles. The lowest BCUT2D eigenvalue weighted by Gasteiger charge is -2.40. The number of carbonyl (C=O) groups is 2. The zero-order chi connectivity index (χ0) is 20.1. The first-order chi connectivity index (χ1) is 14.1. The lowest BCUT2D eigenvalue weighted by atomic mass is 10.0. The molecule has 0 bridgehead atoms. The highest BCUT2D eigenvalue weighted by Crippen LogP contribution is 2.40. The second-order valence-corrected chi connectivity index (χ2v) is 7.66. The van der Waals surface area contributed by atoms with E-state index in [1.54, 1.807) is 22.8 Å². The zero-order valence-corrected chi connectivity index (χ0v) is 16.5. The number of halogens is 1. The van der Waals surface area contributed by atoms with Gasteiger partial charge in [0.1, 0.15) is 23.2 Å². The highest BCUT2D eigenvalue weighted by molar-refractivity contribution is 6.33. The summed E-state index contributed by atoms with van der Waals surface area (Å²) in [5.41, 5.74) is 2.97. The standard InChI is InChI=1S/C22H18ClN3O3/c1-13-18(19(24-29-13)16-9-4-5-10-17(16)23)22(28)26-12-6-11-25-20(26)14-7-2-3-8-15(14)21(25)27/h2-5,7-10,20H,6,11-12H2,1H3/t20-/m0/s1. The molecule has 29 heavy (non-hydrogen) atoms. The van der Waals surface area contributed by atoms with E-state index in [1.807, 2.05) is 42.5 Å². The van der Waals surface area contributed by atoms with Gasteiger partial charge >= 0.3 is 0 Å². The van der Waals surface area contributed by atoms with Gasteiger partial charge in [-0.2, -0.15) is 0 Å². The quantitative estimate of drug-likeness (QED) is 0.635. The molecule has 6 nitrogen and oxygen atoms in total. The first kappa shape index (κ1) is 17.9. The Labute approximate surface area is 172 Å². The first-order valence-electron chi connectivity index (χ1n) is 9.50. The summed E-state index contributed by atoms with van der Waals surface area (Å²) in [6.45, 7) is 2.90. The predicted octanol–water partition coefficient (Wildman–Crippen LogP) is 4.30. The summed E-state index contributed by atoms with van der Waals surface area (Å²) in [5, 5.41) is 4.62. The summed E-state index contributed by atoms with van der Waals surface area (Å²) in [4.78, 5) is 30.0. The number of fused-ring (bicyclic) bond motifs is 3. The number of amides is 2. The van der Waals surface area contributed by atoms with Crippen molar-refractivity contribution in [1.82, 2.24) is 15.0 Å². The second-order valence-electron chi connectivity index (χ2n) is 7.25. The third-order valence-electron chi connectivity index (χ3n) is 5.59. The lowest BCUT2D eigenvalue weighted by molar-refractivity contribution is 0.0164. The van der Waals surface area contributed by atoms with Crippen LogP contribution in [0.4, 0.5) is 0 Å². The molecule has 0 N–H and O–H groups in total. The first-order valence-corrected chi connectivity index (χ1v) is 9.87. The second kappa shape index (κ2) is 6.74. The van der Waals surface area contributed by atoms with Gasteiger partial charge in [0.25, 0.3) is 11.8 Å². The highest BCUT2D eigenvalue weighted by Gasteiger charge is 2.45. The monoisotopic (exact) mass is 407 g/mol. The number of carbonyl (C=O) groups excluding carboxylic acids is 2. The van der Waals surface area contributed by atoms with Gasteiger partial charge in [0.2, 0.25) is 0 Å². The van der Waals surface area contributed by atoms with Crippen LogP contribution < -0.4 is 0 Å². The van der Waals surface area contributed by atoms with Crippen molar-refractivity contribution in [2.24, 2.45) is 0 Å². The van der Waals surface area contributed by atoms with Crippen LogP contribution in [0.5, 0.6) is 0 Å². The maximum atomic E-state index is 13.7. The Balaban J connectivity index is 1.60. The fourth-order valence-corrected chi connectivity index (χ4v) is 4.49. The van der Waals surface area contributed by atoms with Crippen LogP contribution in [0, 0.1) is 6.92 Å². The average molecular weight is 408 g/mol. The normalized spacial score (nSPS) is 18.0. The van der Waals surface area contributed by atoms with Gasteiger partial charge in [0, 0.05) is 29.8 Å². The summed E-state index contributed by atoms with van der Waals surface area (Å²) < 4.78 is 5.38. The van der Waals surface area contributed by atoms with Gasteiger partial charge in [-0.1, -0.05) is 53.2 Å². The number of hydrogen-bond donors (Lipinski definition) is 0. The van der Waals surface area contributed by atoms with Crippen molar-refractivity contribution in [2.75, 3.05) is 13.1 Å². The van der Waals surface area contributed by atoms with Crippen LogP contribution in [0.25, 0.3) is 11.3 Å². The van der Waals surface area contributed by atoms with Crippen molar-refractivity contribution >= 4 is 23.4 Å². The molecule has 7 heteroatoms. The van der Waals surface area contributed by atoms with Crippen molar-refractivity contribution in [1.29, 1.82) is 0 Å². The summed E-state index contributed by atoms with van der Waals surface area (Å²) in [5.74, 6) is 0.189. The van der Waals surface area contributed by atoms with Gasteiger partial charge in [-0.15, -0.1) is 0 Å². The Hall–Kier alpha value is -3.12. The van der Waals surface area contributed by atoms with E-state index >= 15 is 0 Å². The number of aryl methyl sites for hydroxylation is 1. The lowest BCUT2D eigenvalue weighted by Crippen LogP contribution is -2.48. The molecule has 1 fully saturated rings. The molecule has 146 valence electrons. The molecule has 1 atom stereocenters. The Bertz CT molecular complexity index is 1140. The fourth-order valence-electron chi connectivity index (χ4n) is 4.26. The summed E-state index contributed by atoms with van der Waals surface area (Å²) >= 11 is 6.35. The third kappa shape index (κ3) is 2.67. The molecule has 3 heterocycles. The molecule has 2 aliphatic rings. The molecule has 0 radical (unpaired) electrons. The van der Waals surface area contributed by atoms with Gasteiger partial charge in [-0.05, 0) is 25.5 Å². The Kier molecular flexibility index (Phi) is 4.17. The van der Waals surface area contributed by atoms with E-state index < -0.39 is 6.17 Å². The molecule has 0 saturated carbocycles. The Morgan fingerprint density at radius 1 is 1.10 bits per heavy atom. The molecule has 2 aromatic carbocycles. The number of rotatable bonds is 2. The number of hydrogen-bond acceptors (Lipinski definition) is 4. The van der Waals surface area contributed by atoms with Crippen LogP contribution >= 0.6 is 11.6 Å². The molecule has 5 rings (SSSR count). The molecule has 1 saturated heterocycles. The summed E-state index contributed by atoms with van der Waals surface area (Å²) in [6.07, 6.45) is 0.307. The van der Waals surface area contributed by atoms with Crippen LogP contribution in [-0.4, -0.2) is 39.9 Å². The number of aromatic nitrogens is 1. The SMILES string of the molecule is Cc1onc(-c2ccccc2Cl)c1C(=O)N1CCCN2C(=O)c3ccccc3[C@@H]21. The minimum absolute atomic E-state index is 0.0310. The molecular formula is C22H18ClN3O3. The third-order valence-corrected chi connectivity index (χ3v) is 5.91.